The Balaban J connectivity index is 2.05. The minimum Gasteiger partial charge on any atom is -0.402 e. The lowest BCUT2D eigenvalue weighted by atomic mass is 10.1. The van der Waals surface area contributed by atoms with Crippen LogP contribution in [0.2, 0.25) is 0 Å². The molecule has 0 saturated carbocycles. The number of aliphatic imine (C=N–C) groups is 1. The molecule has 0 radical (unpaired) electrons. The molecule has 0 amide bonds. The summed E-state index contributed by atoms with van der Waals surface area (Å²) >= 11 is 0. The van der Waals surface area contributed by atoms with Crippen molar-refractivity contribution in [2.75, 3.05) is 0 Å². The number of hydrogen-bond acceptors (Lipinski definition) is 7. The van der Waals surface area contributed by atoms with Crippen molar-refractivity contribution in [3.05, 3.63) is 85.3 Å². The molecular weight excluding hydrogens is 349 g/mol. The van der Waals surface area contributed by atoms with Gasteiger partial charge in [0.2, 0.25) is 5.90 Å². The third-order valence-electron chi connectivity index (χ3n) is 3.44. The number of carbonyl (C=O) groups excluding carboxylic acids is 1. The molecule has 0 aliphatic carbocycles. The van der Waals surface area contributed by atoms with E-state index in [1.165, 1.54) is 18.2 Å². The minimum absolute atomic E-state index is 0.0394. The summed E-state index contributed by atoms with van der Waals surface area (Å²) in [6, 6.07) is 8.45. The summed E-state index contributed by atoms with van der Waals surface area (Å²) in [7, 11) is 0. The van der Waals surface area contributed by atoms with Gasteiger partial charge in [0.05, 0.1) is 27.0 Å². The molecule has 1 aliphatic rings. The molecule has 0 saturated heterocycles. The Morgan fingerprint density at radius 1 is 1.08 bits per heavy atom. The van der Waals surface area contributed by atoms with Crippen LogP contribution in [-0.4, -0.2) is 21.7 Å². The molecule has 130 valence electrons. The molecule has 3 rings (SSSR count). The number of nitrogens with zero attached hydrogens (tertiary/aromatic N) is 3. The number of rotatable bonds is 4. The average Bonchev–Trinajstić information content (AvgIpc) is 2.95. The van der Waals surface area contributed by atoms with E-state index in [-0.39, 0.29) is 22.7 Å². The first kappa shape index (κ1) is 16.9. The molecule has 0 N–H and O–H groups in total. The number of cyclic esters (lactones) is 1. The Labute approximate surface area is 144 Å². The van der Waals surface area contributed by atoms with Crippen molar-refractivity contribution in [2.45, 2.75) is 0 Å². The van der Waals surface area contributed by atoms with Crippen LogP contribution in [0.3, 0.4) is 0 Å². The Kier molecular flexibility index (Phi) is 4.23. The second-order valence-corrected chi connectivity index (χ2v) is 5.07. The lowest BCUT2D eigenvalue weighted by molar-refractivity contribution is -0.394. The third kappa shape index (κ3) is 3.15. The van der Waals surface area contributed by atoms with Crippen LogP contribution >= 0.6 is 0 Å². The molecule has 2 aromatic carbocycles. The summed E-state index contributed by atoms with van der Waals surface area (Å²) in [4.78, 5) is 36.1. The highest BCUT2D eigenvalue weighted by Gasteiger charge is 2.27. The molecule has 0 spiro atoms. The van der Waals surface area contributed by atoms with Crippen LogP contribution in [0.15, 0.2) is 53.2 Å². The van der Waals surface area contributed by atoms with E-state index < -0.39 is 33.0 Å². The molecule has 1 aliphatic heterocycles. The summed E-state index contributed by atoms with van der Waals surface area (Å²) in [5, 5.41) is 21.9. The number of ether oxygens (including phenoxy) is 1. The minimum atomic E-state index is -0.920. The maximum atomic E-state index is 13.8. The van der Waals surface area contributed by atoms with Crippen LogP contribution in [0.4, 0.5) is 15.8 Å². The first-order chi connectivity index (χ1) is 12.4. The number of nitro benzene ring substituents is 2. The van der Waals surface area contributed by atoms with E-state index in [9.17, 15) is 29.4 Å². The molecule has 10 heteroatoms. The van der Waals surface area contributed by atoms with Crippen LogP contribution in [0.1, 0.15) is 11.1 Å². The van der Waals surface area contributed by atoms with Gasteiger partial charge in [0, 0.05) is 6.07 Å². The molecular formula is C16H8FN3O6. The fourth-order valence-corrected chi connectivity index (χ4v) is 2.23. The zero-order valence-electron chi connectivity index (χ0n) is 12.8. The van der Waals surface area contributed by atoms with Gasteiger partial charge in [0.1, 0.15) is 5.82 Å². The number of benzene rings is 2. The summed E-state index contributed by atoms with van der Waals surface area (Å²) in [6.45, 7) is 0. The maximum Gasteiger partial charge on any atom is 0.363 e. The van der Waals surface area contributed by atoms with Gasteiger partial charge in [-0.25, -0.2) is 14.2 Å². The highest BCUT2D eigenvalue weighted by Crippen LogP contribution is 2.28. The number of hydrogen-bond donors (Lipinski definition) is 0. The largest absolute Gasteiger partial charge is 0.402 e. The van der Waals surface area contributed by atoms with Crippen LogP contribution < -0.4 is 0 Å². The van der Waals surface area contributed by atoms with Crippen molar-refractivity contribution in [1.82, 2.24) is 0 Å². The maximum absolute atomic E-state index is 13.8. The van der Waals surface area contributed by atoms with E-state index in [0.717, 1.165) is 30.3 Å². The Hall–Kier alpha value is -3.95. The van der Waals surface area contributed by atoms with E-state index in [1.807, 2.05) is 0 Å². The fourth-order valence-electron chi connectivity index (χ4n) is 2.23. The highest BCUT2D eigenvalue weighted by molar-refractivity contribution is 6.13. The predicted molar refractivity (Wildman–Crippen MR) is 86.8 cm³/mol. The SMILES string of the molecule is O=C1OC(c2ccccc2F)=N/C1=C\c1ccc([N+](=O)[O-])cc1[N+](=O)[O-]. The summed E-state index contributed by atoms with van der Waals surface area (Å²) in [6.07, 6.45) is 1.05. The van der Waals surface area contributed by atoms with Crippen molar-refractivity contribution >= 4 is 29.3 Å². The van der Waals surface area contributed by atoms with Gasteiger partial charge in [0.25, 0.3) is 11.4 Å². The number of halogens is 1. The summed E-state index contributed by atoms with van der Waals surface area (Å²) in [5.41, 5.74) is -1.45. The van der Waals surface area contributed by atoms with Gasteiger partial charge in [-0.3, -0.25) is 20.2 Å². The smallest absolute Gasteiger partial charge is 0.363 e. The second kappa shape index (κ2) is 6.51. The molecule has 9 nitrogen and oxygen atoms in total. The molecule has 0 bridgehead atoms. The van der Waals surface area contributed by atoms with Crippen LogP contribution in [0.5, 0.6) is 0 Å². The van der Waals surface area contributed by atoms with Crippen molar-refractivity contribution in [2.24, 2.45) is 4.99 Å². The normalized spacial score (nSPS) is 14.9. The lowest BCUT2D eigenvalue weighted by Crippen LogP contribution is -2.07. The second-order valence-electron chi connectivity index (χ2n) is 5.07. The van der Waals surface area contributed by atoms with Gasteiger partial charge in [-0.15, -0.1) is 0 Å². The Bertz CT molecular complexity index is 1010. The molecule has 0 aromatic heterocycles. The Morgan fingerprint density at radius 2 is 1.81 bits per heavy atom. The van der Waals surface area contributed by atoms with Crippen molar-refractivity contribution < 1.29 is 23.8 Å². The van der Waals surface area contributed by atoms with E-state index in [2.05, 4.69) is 4.99 Å². The summed E-state index contributed by atoms with van der Waals surface area (Å²) < 4.78 is 18.7. The molecule has 2 aromatic rings. The number of carbonyl (C=O) groups is 1. The fraction of sp³-hybridized carbons (Fsp3) is 0. The monoisotopic (exact) mass is 357 g/mol. The number of esters is 1. The topological polar surface area (TPSA) is 125 Å². The molecule has 0 unspecified atom stereocenters. The van der Waals surface area contributed by atoms with E-state index in [1.54, 1.807) is 0 Å². The van der Waals surface area contributed by atoms with E-state index in [4.69, 9.17) is 4.74 Å². The third-order valence-corrected chi connectivity index (χ3v) is 3.44. The van der Waals surface area contributed by atoms with Crippen LogP contribution in [0.25, 0.3) is 6.08 Å². The van der Waals surface area contributed by atoms with Crippen LogP contribution in [-0.2, 0) is 9.53 Å². The predicted octanol–water partition coefficient (Wildman–Crippen LogP) is 2.99. The number of nitro groups is 2. The quantitative estimate of drug-likeness (QED) is 0.358. The van der Waals surface area contributed by atoms with Gasteiger partial charge < -0.3 is 4.74 Å². The molecule has 26 heavy (non-hydrogen) atoms. The first-order valence-corrected chi connectivity index (χ1v) is 7.07. The zero-order chi connectivity index (χ0) is 18.8. The lowest BCUT2D eigenvalue weighted by Gasteiger charge is -1.99. The summed E-state index contributed by atoms with van der Waals surface area (Å²) in [5.74, 6) is -1.85. The van der Waals surface area contributed by atoms with Gasteiger partial charge in [-0.2, -0.15) is 0 Å². The van der Waals surface area contributed by atoms with E-state index in [0.29, 0.717) is 0 Å². The average molecular weight is 357 g/mol. The highest BCUT2D eigenvalue weighted by atomic mass is 19.1. The van der Waals surface area contributed by atoms with Gasteiger partial charge >= 0.3 is 5.97 Å². The van der Waals surface area contributed by atoms with Gasteiger partial charge in [0.15, 0.2) is 5.70 Å². The molecule has 0 atom stereocenters. The van der Waals surface area contributed by atoms with E-state index >= 15 is 0 Å². The molecule has 1 heterocycles. The number of non-ortho nitro benzene ring substituents is 1. The molecule has 0 fully saturated rings. The van der Waals surface area contributed by atoms with Crippen LogP contribution in [0, 0.1) is 26.0 Å². The first-order valence-electron chi connectivity index (χ1n) is 7.07. The van der Waals surface area contributed by atoms with Gasteiger partial charge in [-0.05, 0) is 24.3 Å². The Morgan fingerprint density at radius 3 is 2.46 bits per heavy atom. The van der Waals surface area contributed by atoms with Gasteiger partial charge in [-0.1, -0.05) is 12.1 Å². The zero-order valence-corrected chi connectivity index (χ0v) is 12.8. The standard InChI is InChI=1S/C16H8FN3O6/c17-12-4-2-1-3-11(12)15-18-13(16(21)26-15)7-9-5-6-10(19(22)23)8-14(9)20(24)25/h1-8H/b13-7-. The van der Waals surface area contributed by atoms with Crippen molar-refractivity contribution in [3.63, 3.8) is 0 Å². The van der Waals surface area contributed by atoms with Crippen molar-refractivity contribution in [1.29, 1.82) is 0 Å². The van der Waals surface area contributed by atoms with Crippen molar-refractivity contribution in [3.8, 4) is 0 Å².